The monoisotopic (exact) mass is 262 g/mol. The van der Waals surface area contributed by atoms with Crippen LogP contribution in [0.1, 0.15) is 26.7 Å². The van der Waals surface area contributed by atoms with E-state index in [1.54, 1.807) is 19.9 Å². The van der Waals surface area contributed by atoms with E-state index in [1.807, 2.05) is 5.38 Å². The van der Waals surface area contributed by atoms with Gasteiger partial charge in [-0.05, 0) is 11.4 Å². The highest BCUT2D eigenvalue weighted by atomic mass is 32.1. The Labute approximate surface area is 104 Å². The van der Waals surface area contributed by atoms with Gasteiger partial charge < -0.3 is 21.7 Å². The molecule has 0 saturated carbocycles. The van der Waals surface area contributed by atoms with Crippen LogP contribution < -0.4 is 11.5 Å². The third kappa shape index (κ3) is 14.2. The second-order valence-electron chi connectivity index (χ2n) is 2.73. The first kappa shape index (κ1) is 17.6. The Bertz CT molecular complexity index is 308. The summed E-state index contributed by atoms with van der Waals surface area (Å²) in [5.74, 6) is -1.49. The van der Waals surface area contributed by atoms with Crippen LogP contribution in [0.5, 0.6) is 0 Å². The van der Waals surface area contributed by atoms with Crippen LogP contribution in [0, 0.1) is 0 Å². The number of nitrogens with two attached hydrogens (primary N) is 2. The number of rotatable bonds is 2. The minimum Gasteiger partial charge on any atom is -0.481 e. The summed E-state index contributed by atoms with van der Waals surface area (Å²) < 4.78 is 0. The van der Waals surface area contributed by atoms with Crippen molar-refractivity contribution in [2.24, 2.45) is 0 Å². The molecule has 17 heavy (non-hydrogen) atoms. The summed E-state index contributed by atoms with van der Waals surface area (Å²) in [6, 6.07) is 1.79. The Morgan fingerprint density at radius 3 is 1.59 bits per heavy atom. The van der Waals surface area contributed by atoms with Crippen LogP contribution in [0.3, 0.4) is 0 Å². The normalized spacial score (nSPS) is 8.12. The molecule has 0 spiro atoms. The third-order valence-corrected chi connectivity index (χ3v) is 2.09. The summed E-state index contributed by atoms with van der Waals surface area (Å²) in [5, 5.41) is 18.0. The van der Waals surface area contributed by atoms with Gasteiger partial charge in [0.1, 0.15) is 5.00 Å². The average molecular weight is 262 g/mol. The molecule has 0 aromatic carbocycles. The van der Waals surface area contributed by atoms with Gasteiger partial charge in [-0.1, -0.05) is 13.8 Å². The molecule has 0 atom stereocenters. The quantitative estimate of drug-likeness (QED) is 0.644. The summed E-state index contributed by atoms with van der Waals surface area (Å²) in [6.07, 6.45) is 0.444. The van der Waals surface area contributed by atoms with Gasteiger partial charge >= 0.3 is 11.9 Å². The maximum Gasteiger partial charge on any atom is 0.303 e. The van der Waals surface area contributed by atoms with E-state index in [4.69, 9.17) is 21.7 Å². The van der Waals surface area contributed by atoms with Crippen molar-refractivity contribution in [2.45, 2.75) is 26.7 Å². The summed E-state index contributed by atoms with van der Waals surface area (Å²) in [7, 11) is 0. The minimum atomic E-state index is -0.745. The lowest BCUT2D eigenvalue weighted by atomic mass is 10.5. The molecule has 1 aromatic rings. The van der Waals surface area contributed by atoms with Gasteiger partial charge in [0.2, 0.25) is 0 Å². The van der Waals surface area contributed by atoms with E-state index in [0.29, 0.717) is 10.7 Å². The molecule has 1 aromatic heterocycles. The van der Waals surface area contributed by atoms with Crippen LogP contribution in [0.4, 0.5) is 10.7 Å². The highest BCUT2D eigenvalue weighted by Gasteiger charge is 1.88. The van der Waals surface area contributed by atoms with Crippen molar-refractivity contribution in [3.63, 3.8) is 0 Å². The molecule has 7 heteroatoms. The van der Waals surface area contributed by atoms with Crippen molar-refractivity contribution in [3.05, 3.63) is 11.4 Å². The second-order valence-corrected chi connectivity index (χ2v) is 3.68. The van der Waals surface area contributed by atoms with Gasteiger partial charge in [-0.25, -0.2) is 0 Å². The van der Waals surface area contributed by atoms with Crippen molar-refractivity contribution >= 4 is 34.0 Å². The van der Waals surface area contributed by atoms with Crippen LogP contribution in [0.25, 0.3) is 0 Å². The largest absolute Gasteiger partial charge is 0.481 e. The molecule has 0 radical (unpaired) electrons. The average Bonchev–Trinajstić information content (AvgIpc) is 2.65. The molecular formula is C10H18N2O4S. The van der Waals surface area contributed by atoms with Crippen molar-refractivity contribution in [2.75, 3.05) is 11.5 Å². The number of hydrogen-bond acceptors (Lipinski definition) is 5. The van der Waals surface area contributed by atoms with Gasteiger partial charge in [-0.3, -0.25) is 9.59 Å². The smallest absolute Gasteiger partial charge is 0.303 e. The van der Waals surface area contributed by atoms with E-state index in [9.17, 15) is 9.59 Å². The van der Waals surface area contributed by atoms with Crippen LogP contribution in [0.15, 0.2) is 11.4 Å². The number of hydrogen-bond donors (Lipinski definition) is 4. The zero-order chi connectivity index (χ0) is 13.8. The first-order chi connectivity index (χ1) is 7.84. The zero-order valence-electron chi connectivity index (χ0n) is 9.84. The maximum atomic E-state index is 9.37. The Morgan fingerprint density at radius 1 is 1.18 bits per heavy atom. The van der Waals surface area contributed by atoms with E-state index in [2.05, 4.69) is 0 Å². The molecule has 0 aliphatic heterocycles. The number of thiophene rings is 1. The number of carboxylic acid groups (broad SMARTS) is 2. The van der Waals surface area contributed by atoms with Crippen molar-refractivity contribution in [1.29, 1.82) is 0 Å². The van der Waals surface area contributed by atoms with E-state index in [0.717, 1.165) is 0 Å². The summed E-state index contributed by atoms with van der Waals surface area (Å²) in [5.41, 5.74) is 11.3. The number of aliphatic carboxylic acids is 2. The molecular weight excluding hydrogens is 244 g/mol. The maximum absolute atomic E-state index is 9.37. The van der Waals surface area contributed by atoms with E-state index in [1.165, 1.54) is 11.3 Å². The Balaban J connectivity index is 0. The predicted molar refractivity (Wildman–Crippen MR) is 69.0 cm³/mol. The molecule has 0 unspecified atom stereocenters. The molecule has 98 valence electrons. The summed E-state index contributed by atoms with van der Waals surface area (Å²) in [6.45, 7) is 3.20. The van der Waals surface area contributed by atoms with Crippen molar-refractivity contribution < 1.29 is 19.8 Å². The molecule has 0 saturated heterocycles. The number of carboxylic acids is 2. The fourth-order valence-corrected chi connectivity index (χ4v) is 0.896. The molecule has 0 aliphatic carbocycles. The fourth-order valence-electron chi connectivity index (χ4n) is 0.331. The number of nitrogen functional groups attached to an aromatic ring is 2. The third-order valence-electron chi connectivity index (χ3n) is 1.33. The highest BCUT2D eigenvalue weighted by molar-refractivity contribution is 7.14. The minimum absolute atomic E-state index is 0.222. The van der Waals surface area contributed by atoms with Crippen LogP contribution in [0.2, 0.25) is 0 Å². The lowest BCUT2D eigenvalue weighted by Gasteiger charge is -1.81. The van der Waals surface area contributed by atoms with E-state index in [-0.39, 0.29) is 12.8 Å². The van der Waals surface area contributed by atoms with Gasteiger partial charge in [0.25, 0.3) is 0 Å². The van der Waals surface area contributed by atoms with Gasteiger partial charge in [0, 0.05) is 12.8 Å². The topological polar surface area (TPSA) is 127 Å². The summed E-state index contributed by atoms with van der Waals surface area (Å²) >= 11 is 1.46. The lowest BCUT2D eigenvalue weighted by molar-refractivity contribution is -0.137. The van der Waals surface area contributed by atoms with Gasteiger partial charge in [-0.2, -0.15) is 0 Å². The standard InChI is InChI=1S/C4H6N2S.2C3H6O2/c5-3-1-2-7-4(3)6;2*1-2-3(4)5/h1-2H,5-6H2;2*2H2,1H3,(H,4,5). The van der Waals surface area contributed by atoms with Crippen molar-refractivity contribution in [1.82, 2.24) is 0 Å². The molecule has 1 heterocycles. The first-order valence-electron chi connectivity index (χ1n) is 4.87. The van der Waals surface area contributed by atoms with Crippen molar-refractivity contribution in [3.8, 4) is 0 Å². The summed E-state index contributed by atoms with van der Waals surface area (Å²) in [4.78, 5) is 18.7. The Kier molecular flexibility index (Phi) is 11.1. The molecule has 0 fully saturated rings. The number of carbonyl (C=O) groups is 2. The lowest BCUT2D eigenvalue weighted by Crippen LogP contribution is -1.86. The molecule has 0 amide bonds. The van der Waals surface area contributed by atoms with Gasteiger partial charge in [0.15, 0.2) is 0 Å². The van der Waals surface area contributed by atoms with E-state index >= 15 is 0 Å². The molecule has 6 N–H and O–H groups in total. The van der Waals surface area contributed by atoms with Crippen LogP contribution in [-0.4, -0.2) is 22.2 Å². The first-order valence-corrected chi connectivity index (χ1v) is 5.75. The van der Waals surface area contributed by atoms with Crippen LogP contribution >= 0.6 is 11.3 Å². The fraction of sp³-hybridized carbons (Fsp3) is 0.400. The molecule has 6 nitrogen and oxygen atoms in total. The second kappa shape index (κ2) is 10.7. The van der Waals surface area contributed by atoms with Gasteiger partial charge in [-0.15, -0.1) is 11.3 Å². The van der Waals surface area contributed by atoms with Crippen LogP contribution in [-0.2, 0) is 9.59 Å². The highest BCUT2D eigenvalue weighted by Crippen LogP contribution is 2.19. The number of anilines is 2. The van der Waals surface area contributed by atoms with E-state index < -0.39 is 11.9 Å². The van der Waals surface area contributed by atoms with Gasteiger partial charge in [0.05, 0.1) is 5.69 Å². The molecule has 0 bridgehead atoms. The molecule has 0 aliphatic rings. The Hall–Kier alpha value is -1.76. The zero-order valence-corrected chi connectivity index (χ0v) is 10.7. The predicted octanol–water partition coefficient (Wildman–Crippen LogP) is 1.87. The molecule has 1 rings (SSSR count). The SMILES string of the molecule is CCC(=O)O.CCC(=O)O.Nc1ccsc1N. The Morgan fingerprint density at radius 2 is 1.53 bits per heavy atom.